The minimum atomic E-state index is 0.118. The Morgan fingerprint density at radius 3 is 2.38 bits per heavy atom. The van der Waals surface area contributed by atoms with Gasteiger partial charge in [0.1, 0.15) is 11.2 Å². The zero-order valence-corrected chi connectivity index (χ0v) is 31.2. The lowest BCUT2D eigenvalue weighted by Gasteiger charge is -2.29. The number of hydrogen-bond donors (Lipinski definition) is 1. The summed E-state index contributed by atoms with van der Waals surface area (Å²) in [5.41, 5.74) is 17.4. The molecule has 4 aliphatic rings. The second kappa shape index (κ2) is 13.6. The van der Waals surface area contributed by atoms with Gasteiger partial charge in [0.05, 0.1) is 11.7 Å². The van der Waals surface area contributed by atoms with E-state index in [0.29, 0.717) is 5.92 Å². The van der Waals surface area contributed by atoms with Crippen molar-refractivity contribution in [3.8, 4) is 16.8 Å². The van der Waals surface area contributed by atoms with Crippen molar-refractivity contribution in [1.82, 2.24) is 9.88 Å². The molecule has 5 aromatic carbocycles. The molecule has 3 heteroatoms. The van der Waals surface area contributed by atoms with Crippen molar-refractivity contribution in [2.45, 2.75) is 37.6 Å². The summed E-state index contributed by atoms with van der Waals surface area (Å²) < 4.78 is 9.08. The molecule has 1 aliphatic heterocycles. The average molecular weight is 723 g/mol. The van der Waals surface area contributed by atoms with Crippen LogP contribution >= 0.6 is 0 Å². The summed E-state index contributed by atoms with van der Waals surface area (Å²) >= 11 is 0. The number of aromatic nitrogens is 1. The molecule has 7 aromatic rings. The highest BCUT2D eigenvalue weighted by atomic mass is 16.3. The van der Waals surface area contributed by atoms with Crippen molar-refractivity contribution in [2.24, 2.45) is 5.92 Å². The summed E-state index contributed by atoms with van der Waals surface area (Å²) in [5, 5.41) is 6.18. The number of nitrogens with zero attached hydrogens (tertiary/aromatic N) is 1. The van der Waals surface area contributed by atoms with Crippen molar-refractivity contribution >= 4 is 39.7 Å². The molecule has 0 spiro atoms. The molecule has 3 nitrogen and oxygen atoms in total. The van der Waals surface area contributed by atoms with Crippen LogP contribution in [-0.2, 0) is 12.8 Å². The number of nitrogens with one attached hydrogen (secondary N) is 1. The summed E-state index contributed by atoms with van der Waals surface area (Å²) in [6.07, 6.45) is 27.4. The smallest absolute Gasteiger partial charge is 0.143 e. The largest absolute Gasteiger partial charge is 0.455 e. The zero-order chi connectivity index (χ0) is 37.0. The molecule has 0 radical (unpaired) electrons. The average Bonchev–Trinajstić information content (AvgIpc) is 3.83. The molecule has 3 aliphatic carbocycles. The van der Waals surface area contributed by atoms with Gasteiger partial charge in [-0.3, -0.25) is 0 Å². The van der Waals surface area contributed by atoms with Gasteiger partial charge in [-0.25, -0.2) is 0 Å². The first-order valence-electron chi connectivity index (χ1n) is 20.1. The predicted molar refractivity (Wildman–Crippen MR) is 233 cm³/mol. The number of rotatable bonds is 6. The Bertz CT molecular complexity index is 2850. The molecule has 0 fully saturated rings. The van der Waals surface area contributed by atoms with Crippen LogP contribution in [0.15, 0.2) is 180 Å². The van der Waals surface area contributed by atoms with Crippen LogP contribution in [-0.4, -0.2) is 4.57 Å². The normalized spacial score (nSPS) is 19.8. The Morgan fingerprint density at radius 1 is 0.643 bits per heavy atom. The lowest BCUT2D eigenvalue weighted by atomic mass is 9.83. The summed E-state index contributed by atoms with van der Waals surface area (Å²) in [4.78, 5) is 0. The molecule has 56 heavy (non-hydrogen) atoms. The Hall–Kier alpha value is -6.58. The van der Waals surface area contributed by atoms with E-state index in [-0.39, 0.29) is 12.0 Å². The number of benzene rings is 5. The SMILES string of the molecule is C1=CCC(C2=CC(c3cccc(C4C=Cc5c(c6c(n5-c5ccccc5-c5cccc7c5oc5ccccc57)C=CCC6)C4)c3)=CC(c3ccccc3)N2)C=C1. The van der Waals surface area contributed by atoms with E-state index in [1.54, 1.807) is 0 Å². The second-order valence-electron chi connectivity index (χ2n) is 15.5. The van der Waals surface area contributed by atoms with E-state index >= 15 is 0 Å². The Morgan fingerprint density at radius 2 is 1.45 bits per heavy atom. The number of hydrogen-bond acceptors (Lipinski definition) is 2. The molecule has 270 valence electrons. The number of furan rings is 1. The van der Waals surface area contributed by atoms with Crippen molar-refractivity contribution in [3.05, 3.63) is 215 Å². The van der Waals surface area contributed by atoms with E-state index in [4.69, 9.17) is 4.42 Å². The van der Waals surface area contributed by atoms with E-state index in [9.17, 15) is 0 Å². The van der Waals surface area contributed by atoms with Crippen molar-refractivity contribution in [1.29, 1.82) is 0 Å². The monoisotopic (exact) mass is 722 g/mol. The third kappa shape index (κ3) is 5.57. The number of fused-ring (bicyclic) bond motifs is 6. The summed E-state index contributed by atoms with van der Waals surface area (Å²) in [7, 11) is 0. The van der Waals surface area contributed by atoms with Gasteiger partial charge in [-0.2, -0.15) is 0 Å². The Kier molecular flexibility index (Phi) is 7.98. The Balaban J connectivity index is 0.978. The highest BCUT2D eigenvalue weighted by Crippen LogP contribution is 2.44. The molecule has 3 unspecified atom stereocenters. The van der Waals surface area contributed by atoms with Crippen LogP contribution in [0.5, 0.6) is 0 Å². The van der Waals surface area contributed by atoms with Gasteiger partial charge in [0.2, 0.25) is 0 Å². The minimum Gasteiger partial charge on any atom is -0.455 e. The first-order chi connectivity index (χ1) is 27.8. The number of dihydropyridines is 1. The van der Waals surface area contributed by atoms with Crippen LogP contribution in [0.4, 0.5) is 0 Å². The summed E-state index contributed by atoms with van der Waals surface area (Å²) in [6.45, 7) is 0. The molecule has 0 saturated carbocycles. The van der Waals surface area contributed by atoms with Gasteiger partial charge in [0, 0.05) is 50.8 Å². The molecular formula is C53H42N2O. The maximum Gasteiger partial charge on any atom is 0.143 e. The molecule has 11 rings (SSSR count). The highest BCUT2D eigenvalue weighted by Gasteiger charge is 2.29. The van der Waals surface area contributed by atoms with Gasteiger partial charge < -0.3 is 14.3 Å². The first kappa shape index (κ1) is 32.8. The van der Waals surface area contributed by atoms with Gasteiger partial charge in [-0.05, 0) is 95.5 Å². The van der Waals surface area contributed by atoms with Crippen LogP contribution in [0, 0.1) is 5.92 Å². The lowest BCUT2D eigenvalue weighted by molar-refractivity contribution is 0.610. The molecule has 1 N–H and O–H groups in total. The van der Waals surface area contributed by atoms with Crippen LogP contribution in [0.3, 0.4) is 0 Å². The third-order valence-corrected chi connectivity index (χ3v) is 12.2. The molecule has 0 bridgehead atoms. The van der Waals surface area contributed by atoms with Gasteiger partial charge >= 0.3 is 0 Å². The van der Waals surface area contributed by atoms with Crippen LogP contribution in [0.2, 0.25) is 0 Å². The predicted octanol–water partition coefficient (Wildman–Crippen LogP) is 13.1. The van der Waals surface area contributed by atoms with E-state index in [1.807, 2.05) is 6.07 Å². The molecule has 0 saturated heterocycles. The van der Waals surface area contributed by atoms with E-state index in [0.717, 1.165) is 53.2 Å². The number of para-hydroxylation sites is 3. The van der Waals surface area contributed by atoms with Crippen molar-refractivity contribution in [3.63, 3.8) is 0 Å². The van der Waals surface area contributed by atoms with Crippen LogP contribution < -0.4 is 5.32 Å². The molecular weight excluding hydrogens is 681 g/mol. The van der Waals surface area contributed by atoms with E-state index in [1.165, 1.54) is 61.7 Å². The lowest BCUT2D eigenvalue weighted by Crippen LogP contribution is -2.26. The maximum absolute atomic E-state index is 6.56. The highest BCUT2D eigenvalue weighted by molar-refractivity contribution is 6.10. The maximum atomic E-state index is 6.56. The quantitative estimate of drug-likeness (QED) is 0.185. The first-order valence-corrected chi connectivity index (χ1v) is 20.1. The number of allylic oxidation sites excluding steroid dienone is 8. The van der Waals surface area contributed by atoms with Gasteiger partial charge in [-0.15, -0.1) is 0 Å². The molecule has 2 aromatic heterocycles. The topological polar surface area (TPSA) is 30.1 Å². The van der Waals surface area contributed by atoms with E-state index in [2.05, 4.69) is 186 Å². The summed E-state index contributed by atoms with van der Waals surface area (Å²) in [6, 6.07) is 44.0. The fraction of sp³-hybridized carbons (Fsp3) is 0.132. The molecule has 0 amide bonds. The fourth-order valence-corrected chi connectivity index (χ4v) is 9.48. The molecule has 3 heterocycles. The summed E-state index contributed by atoms with van der Waals surface area (Å²) in [5.74, 6) is 0.633. The standard InChI is InChI=1S/C53H42N2O/c1-3-15-35(16-4-1)47-33-40(34-48(54-47)36-17-5-2-6-18-36)38-20-13-19-37(31-38)39-29-30-51-46(32-39)42-22-8-11-27-50(42)55(51)49-26-10-7-21-41(49)44-24-14-25-45-43-23-9-12-28-52(43)56-53(44)45/h1-7,9-17,19-21,23-31,33-34,36,39,47,54H,8,18,22,32H2. The van der Waals surface area contributed by atoms with Crippen LogP contribution in [0.1, 0.15) is 64.0 Å². The van der Waals surface area contributed by atoms with E-state index < -0.39 is 0 Å². The zero-order valence-electron chi connectivity index (χ0n) is 31.2. The third-order valence-electron chi connectivity index (χ3n) is 12.2. The van der Waals surface area contributed by atoms with Gasteiger partial charge in [0.15, 0.2) is 0 Å². The Labute approximate surface area is 328 Å². The fourth-order valence-electron chi connectivity index (χ4n) is 9.48. The van der Waals surface area contributed by atoms with Gasteiger partial charge in [-0.1, -0.05) is 146 Å². The van der Waals surface area contributed by atoms with Crippen molar-refractivity contribution in [2.75, 3.05) is 0 Å². The van der Waals surface area contributed by atoms with Crippen molar-refractivity contribution < 1.29 is 4.42 Å². The second-order valence-corrected chi connectivity index (χ2v) is 15.5. The molecule has 3 atom stereocenters. The minimum absolute atomic E-state index is 0.118. The van der Waals surface area contributed by atoms with Gasteiger partial charge in [0.25, 0.3) is 0 Å². The van der Waals surface area contributed by atoms with Crippen LogP contribution in [0.25, 0.3) is 56.5 Å².